The van der Waals surface area contributed by atoms with Crippen molar-refractivity contribution in [2.45, 2.75) is 24.3 Å². The molecule has 1 fully saturated rings. The summed E-state index contributed by atoms with van der Waals surface area (Å²) >= 11 is 1.49. The van der Waals surface area contributed by atoms with Crippen molar-refractivity contribution in [2.24, 2.45) is 5.92 Å². The zero-order chi connectivity index (χ0) is 18.4. The molecular formula is C18H24ClN3O3S2. The van der Waals surface area contributed by atoms with Crippen LogP contribution in [0, 0.1) is 5.92 Å². The molecule has 1 aliphatic rings. The smallest absolute Gasteiger partial charge is 0.251 e. The van der Waals surface area contributed by atoms with Gasteiger partial charge < -0.3 is 10.6 Å². The van der Waals surface area contributed by atoms with Crippen LogP contribution in [-0.4, -0.2) is 34.0 Å². The number of halogens is 1. The molecule has 0 bridgehead atoms. The number of piperidine rings is 1. The zero-order valence-electron chi connectivity index (χ0n) is 14.8. The molecule has 27 heavy (non-hydrogen) atoms. The molecule has 3 rings (SSSR count). The Kier molecular flexibility index (Phi) is 8.25. The molecular weight excluding hydrogens is 406 g/mol. The number of hydrogen-bond donors (Lipinski definition) is 3. The summed E-state index contributed by atoms with van der Waals surface area (Å²) in [6, 6.07) is 9.89. The van der Waals surface area contributed by atoms with E-state index in [0.29, 0.717) is 18.0 Å². The van der Waals surface area contributed by atoms with Crippen LogP contribution in [-0.2, 0) is 16.6 Å². The van der Waals surface area contributed by atoms with E-state index in [4.69, 9.17) is 0 Å². The molecule has 0 radical (unpaired) electrons. The Morgan fingerprint density at radius 2 is 2.11 bits per heavy atom. The van der Waals surface area contributed by atoms with Crippen molar-refractivity contribution in [3.63, 3.8) is 0 Å². The van der Waals surface area contributed by atoms with Crippen molar-refractivity contribution < 1.29 is 13.2 Å². The largest absolute Gasteiger partial charge is 0.352 e. The molecule has 3 N–H and O–H groups in total. The van der Waals surface area contributed by atoms with Crippen molar-refractivity contribution in [3.05, 3.63) is 52.2 Å². The number of sulfonamides is 1. The summed E-state index contributed by atoms with van der Waals surface area (Å²) in [7, 11) is -3.66. The van der Waals surface area contributed by atoms with Gasteiger partial charge in [0.05, 0.1) is 4.90 Å². The molecule has 2 aromatic rings. The highest BCUT2D eigenvalue weighted by Crippen LogP contribution is 2.14. The van der Waals surface area contributed by atoms with E-state index in [0.717, 1.165) is 30.8 Å². The van der Waals surface area contributed by atoms with Gasteiger partial charge in [0.15, 0.2) is 0 Å². The van der Waals surface area contributed by atoms with E-state index in [1.165, 1.54) is 23.5 Å². The number of thiophene rings is 1. The van der Waals surface area contributed by atoms with Crippen molar-refractivity contribution in [3.8, 4) is 0 Å². The van der Waals surface area contributed by atoms with E-state index < -0.39 is 10.0 Å². The van der Waals surface area contributed by atoms with Gasteiger partial charge in [-0.1, -0.05) is 12.1 Å². The van der Waals surface area contributed by atoms with Crippen molar-refractivity contribution in [2.75, 3.05) is 19.6 Å². The first-order valence-electron chi connectivity index (χ1n) is 8.65. The Morgan fingerprint density at radius 3 is 2.81 bits per heavy atom. The monoisotopic (exact) mass is 429 g/mol. The molecule has 1 unspecified atom stereocenters. The highest BCUT2D eigenvalue weighted by Gasteiger charge is 2.18. The topological polar surface area (TPSA) is 87.3 Å². The number of amides is 1. The molecule has 1 aromatic carbocycles. The molecule has 9 heteroatoms. The maximum atomic E-state index is 12.5. The third kappa shape index (κ3) is 6.29. The quantitative estimate of drug-likeness (QED) is 0.630. The summed E-state index contributed by atoms with van der Waals surface area (Å²) in [5, 5.41) is 8.12. The Hall–Kier alpha value is -1.45. The van der Waals surface area contributed by atoms with Gasteiger partial charge in [0, 0.05) is 23.5 Å². The molecule has 0 aliphatic carbocycles. The standard InChI is InChI=1S/C18H23N3O3S2.ClH/c22-18(20-12-14-4-2-8-19-11-14)15-5-1-7-17(10-15)26(23,24)21-13-16-6-3-9-25-16;/h1,3,5-7,9-10,14,19,21H,2,4,8,11-13H2,(H,20,22);1H. The lowest BCUT2D eigenvalue weighted by molar-refractivity contribution is 0.0944. The third-order valence-electron chi connectivity index (χ3n) is 4.37. The second kappa shape index (κ2) is 10.2. The van der Waals surface area contributed by atoms with Gasteiger partial charge in [-0.05, 0) is 61.5 Å². The summed E-state index contributed by atoms with van der Waals surface area (Å²) in [6.07, 6.45) is 2.21. The molecule has 1 aromatic heterocycles. The Morgan fingerprint density at radius 1 is 1.26 bits per heavy atom. The highest BCUT2D eigenvalue weighted by atomic mass is 35.5. The molecule has 1 atom stereocenters. The van der Waals surface area contributed by atoms with Crippen LogP contribution in [0.5, 0.6) is 0 Å². The van der Waals surface area contributed by atoms with Crippen LogP contribution in [0.15, 0.2) is 46.7 Å². The summed E-state index contributed by atoms with van der Waals surface area (Å²) in [5.41, 5.74) is 0.354. The van der Waals surface area contributed by atoms with Crippen LogP contribution in [0.3, 0.4) is 0 Å². The normalized spacial score (nSPS) is 17.1. The van der Waals surface area contributed by atoms with Crippen molar-refractivity contribution in [1.29, 1.82) is 0 Å². The van der Waals surface area contributed by atoms with Gasteiger partial charge in [-0.3, -0.25) is 4.79 Å². The van der Waals surface area contributed by atoms with E-state index in [1.807, 2.05) is 17.5 Å². The van der Waals surface area contributed by atoms with Crippen LogP contribution in [0.4, 0.5) is 0 Å². The van der Waals surface area contributed by atoms with Gasteiger partial charge in [-0.15, -0.1) is 23.7 Å². The van der Waals surface area contributed by atoms with Gasteiger partial charge in [-0.2, -0.15) is 0 Å². The molecule has 1 saturated heterocycles. The van der Waals surface area contributed by atoms with Crippen LogP contribution < -0.4 is 15.4 Å². The average Bonchev–Trinajstić information content (AvgIpc) is 3.19. The second-order valence-electron chi connectivity index (χ2n) is 6.35. The summed E-state index contributed by atoms with van der Waals surface area (Å²) in [5.74, 6) is 0.179. The van der Waals surface area contributed by atoms with Crippen LogP contribution >= 0.6 is 23.7 Å². The van der Waals surface area contributed by atoms with Gasteiger partial charge in [0.2, 0.25) is 10.0 Å². The maximum Gasteiger partial charge on any atom is 0.251 e. The van der Waals surface area contributed by atoms with Gasteiger partial charge in [0.25, 0.3) is 5.91 Å². The van der Waals surface area contributed by atoms with E-state index in [1.54, 1.807) is 12.1 Å². The number of carbonyl (C=O) groups is 1. The number of nitrogens with one attached hydrogen (secondary N) is 3. The first kappa shape index (κ1) is 21.8. The molecule has 2 heterocycles. The number of benzene rings is 1. The van der Waals surface area contributed by atoms with Gasteiger partial charge >= 0.3 is 0 Å². The van der Waals surface area contributed by atoms with Crippen LogP contribution in [0.25, 0.3) is 0 Å². The van der Waals surface area contributed by atoms with Crippen LogP contribution in [0.2, 0.25) is 0 Å². The summed E-state index contributed by atoms with van der Waals surface area (Å²) in [6.45, 7) is 2.77. The Bertz CT molecular complexity index is 835. The first-order valence-corrected chi connectivity index (χ1v) is 11.0. The highest BCUT2D eigenvalue weighted by molar-refractivity contribution is 7.89. The lowest BCUT2D eigenvalue weighted by atomic mass is 10.00. The number of carbonyl (C=O) groups excluding carboxylic acids is 1. The fraction of sp³-hybridized carbons (Fsp3) is 0.389. The number of hydrogen-bond acceptors (Lipinski definition) is 5. The first-order chi connectivity index (χ1) is 12.5. The van der Waals surface area contributed by atoms with E-state index in [-0.39, 0.29) is 29.8 Å². The minimum Gasteiger partial charge on any atom is -0.352 e. The molecule has 0 saturated carbocycles. The van der Waals surface area contributed by atoms with Crippen molar-refractivity contribution in [1.82, 2.24) is 15.4 Å². The second-order valence-corrected chi connectivity index (χ2v) is 9.15. The Labute approximate surface area is 170 Å². The van der Waals surface area contributed by atoms with E-state index in [9.17, 15) is 13.2 Å². The Balaban J connectivity index is 0.00000261. The third-order valence-corrected chi connectivity index (χ3v) is 6.65. The fourth-order valence-corrected chi connectivity index (χ4v) is 4.69. The maximum absolute atomic E-state index is 12.5. The van der Waals surface area contributed by atoms with Crippen LogP contribution in [0.1, 0.15) is 28.1 Å². The SMILES string of the molecule is Cl.O=C(NCC1CCCNC1)c1cccc(S(=O)(=O)NCc2cccs2)c1. The molecule has 1 amide bonds. The zero-order valence-corrected chi connectivity index (χ0v) is 17.3. The predicted octanol–water partition coefficient (Wildman–Crippen LogP) is 2.38. The summed E-state index contributed by atoms with van der Waals surface area (Å²) in [4.78, 5) is 13.4. The molecule has 0 spiro atoms. The minimum atomic E-state index is -3.66. The fourth-order valence-electron chi connectivity index (χ4n) is 2.90. The molecule has 148 valence electrons. The minimum absolute atomic E-state index is 0. The van der Waals surface area contributed by atoms with Gasteiger partial charge in [0.1, 0.15) is 0 Å². The molecule has 6 nitrogen and oxygen atoms in total. The lowest BCUT2D eigenvalue weighted by Gasteiger charge is -2.22. The predicted molar refractivity (Wildman–Crippen MR) is 110 cm³/mol. The van der Waals surface area contributed by atoms with Gasteiger partial charge in [-0.25, -0.2) is 13.1 Å². The lowest BCUT2D eigenvalue weighted by Crippen LogP contribution is -2.38. The van der Waals surface area contributed by atoms with E-state index in [2.05, 4.69) is 15.4 Å². The number of rotatable bonds is 7. The van der Waals surface area contributed by atoms with Crippen molar-refractivity contribution >= 4 is 39.7 Å². The average molecular weight is 430 g/mol. The molecule has 1 aliphatic heterocycles. The van der Waals surface area contributed by atoms with E-state index >= 15 is 0 Å². The summed E-state index contributed by atoms with van der Waals surface area (Å²) < 4.78 is 27.5.